The van der Waals surface area contributed by atoms with Crippen molar-refractivity contribution in [2.24, 2.45) is 0 Å². The van der Waals surface area contributed by atoms with Crippen LogP contribution in [0, 0.1) is 0 Å². The first kappa shape index (κ1) is 15.9. The van der Waals surface area contributed by atoms with Crippen LogP contribution < -0.4 is 5.32 Å². The van der Waals surface area contributed by atoms with Crippen molar-refractivity contribution in [1.82, 2.24) is 10.2 Å². The highest BCUT2D eigenvalue weighted by molar-refractivity contribution is 5.85. The maximum Gasteiger partial charge on any atom is 0.349 e. The third kappa shape index (κ3) is 3.22. The van der Waals surface area contributed by atoms with E-state index in [0.717, 1.165) is 0 Å². The van der Waals surface area contributed by atoms with Crippen molar-refractivity contribution in [3.05, 3.63) is 35.9 Å². The molecule has 0 saturated carbocycles. The SMILES string of the molecule is C[C@H]1CNCCN1C(=O)C(F)(F)c1ccccc1.Cl. The van der Waals surface area contributed by atoms with Gasteiger partial charge in [-0.2, -0.15) is 8.78 Å². The Balaban J connectivity index is 0.00000180. The number of piperazine rings is 1. The number of halogens is 3. The molecular weight excluding hydrogens is 274 g/mol. The molecule has 19 heavy (non-hydrogen) atoms. The number of carbonyl (C=O) groups excluding carboxylic acids is 1. The van der Waals surface area contributed by atoms with E-state index in [1.54, 1.807) is 13.0 Å². The van der Waals surface area contributed by atoms with E-state index in [1.807, 2.05) is 0 Å². The molecule has 1 fully saturated rings. The van der Waals surface area contributed by atoms with Gasteiger partial charge in [-0.15, -0.1) is 12.4 Å². The highest BCUT2D eigenvalue weighted by atomic mass is 35.5. The lowest BCUT2D eigenvalue weighted by Crippen LogP contribution is -2.55. The molecule has 6 heteroatoms. The van der Waals surface area contributed by atoms with Crippen molar-refractivity contribution >= 4 is 18.3 Å². The number of nitrogens with one attached hydrogen (secondary N) is 1. The van der Waals surface area contributed by atoms with Crippen molar-refractivity contribution in [3.8, 4) is 0 Å². The van der Waals surface area contributed by atoms with E-state index in [-0.39, 0.29) is 24.0 Å². The lowest BCUT2D eigenvalue weighted by molar-refractivity contribution is -0.162. The van der Waals surface area contributed by atoms with Crippen LogP contribution in [-0.2, 0) is 10.7 Å². The predicted molar refractivity (Wildman–Crippen MR) is 71.6 cm³/mol. The molecule has 0 aliphatic carbocycles. The molecule has 2 rings (SSSR count). The molecule has 1 heterocycles. The molecule has 0 unspecified atom stereocenters. The average molecular weight is 291 g/mol. The molecule has 1 amide bonds. The number of carbonyl (C=O) groups is 1. The molecule has 1 aromatic rings. The summed E-state index contributed by atoms with van der Waals surface area (Å²) in [6.45, 7) is 3.20. The van der Waals surface area contributed by atoms with Gasteiger partial charge in [-0.25, -0.2) is 0 Å². The van der Waals surface area contributed by atoms with Gasteiger partial charge in [-0.1, -0.05) is 30.3 Å². The molecule has 1 saturated heterocycles. The van der Waals surface area contributed by atoms with E-state index >= 15 is 0 Å². The van der Waals surface area contributed by atoms with E-state index in [9.17, 15) is 13.6 Å². The summed E-state index contributed by atoms with van der Waals surface area (Å²) in [4.78, 5) is 13.2. The molecule has 1 atom stereocenters. The zero-order chi connectivity index (χ0) is 13.2. The van der Waals surface area contributed by atoms with Crippen LogP contribution in [-0.4, -0.2) is 36.5 Å². The van der Waals surface area contributed by atoms with Crippen LogP contribution in [0.15, 0.2) is 30.3 Å². The molecule has 1 aliphatic heterocycles. The topological polar surface area (TPSA) is 32.3 Å². The lowest BCUT2D eigenvalue weighted by Gasteiger charge is -2.36. The minimum atomic E-state index is -3.45. The van der Waals surface area contributed by atoms with Gasteiger partial charge in [0.05, 0.1) is 0 Å². The monoisotopic (exact) mass is 290 g/mol. The second-order valence-corrected chi connectivity index (χ2v) is 4.49. The maximum atomic E-state index is 14.1. The van der Waals surface area contributed by atoms with Gasteiger partial charge in [0.2, 0.25) is 0 Å². The van der Waals surface area contributed by atoms with Gasteiger partial charge < -0.3 is 10.2 Å². The molecule has 0 bridgehead atoms. The molecular formula is C13H17ClF2N2O. The van der Waals surface area contributed by atoms with Crippen LogP contribution in [0.3, 0.4) is 0 Å². The Morgan fingerprint density at radius 2 is 2.00 bits per heavy atom. The molecule has 3 nitrogen and oxygen atoms in total. The number of amides is 1. The number of benzene rings is 1. The van der Waals surface area contributed by atoms with E-state index < -0.39 is 11.8 Å². The molecule has 106 valence electrons. The normalized spacial score (nSPS) is 19.7. The summed E-state index contributed by atoms with van der Waals surface area (Å²) in [7, 11) is 0. The van der Waals surface area contributed by atoms with Crippen molar-refractivity contribution in [3.63, 3.8) is 0 Å². The molecule has 1 aromatic carbocycles. The maximum absolute atomic E-state index is 14.1. The first-order valence-electron chi connectivity index (χ1n) is 5.98. The Hall–Kier alpha value is -1.20. The summed E-state index contributed by atoms with van der Waals surface area (Å²) >= 11 is 0. The van der Waals surface area contributed by atoms with Gasteiger partial charge in [-0.3, -0.25) is 4.79 Å². The first-order chi connectivity index (χ1) is 8.53. The number of hydrogen-bond donors (Lipinski definition) is 1. The van der Waals surface area contributed by atoms with Crippen molar-refractivity contribution in [1.29, 1.82) is 0 Å². The summed E-state index contributed by atoms with van der Waals surface area (Å²) in [5.74, 6) is -4.56. The molecule has 0 aromatic heterocycles. The first-order valence-corrected chi connectivity index (χ1v) is 5.98. The number of nitrogens with zero attached hydrogens (tertiary/aromatic N) is 1. The van der Waals surface area contributed by atoms with Gasteiger partial charge in [-0.05, 0) is 6.92 Å². The van der Waals surface area contributed by atoms with Crippen molar-refractivity contribution in [2.45, 2.75) is 18.9 Å². The summed E-state index contributed by atoms with van der Waals surface area (Å²) in [6, 6.07) is 7.03. The van der Waals surface area contributed by atoms with Gasteiger partial charge in [0, 0.05) is 31.2 Å². The van der Waals surface area contributed by atoms with Gasteiger partial charge in [0.25, 0.3) is 5.91 Å². The van der Waals surface area contributed by atoms with Gasteiger partial charge in [0.15, 0.2) is 0 Å². The highest BCUT2D eigenvalue weighted by Gasteiger charge is 2.45. The summed E-state index contributed by atoms with van der Waals surface area (Å²) in [6.07, 6.45) is 0. The van der Waals surface area contributed by atoms with E-state index in [0.29, 0.717) is 19.6 Å². The highest BCUT2D eigenvalue weighted by Crippen LogP contribution is 2.30. The van der Waals surface area contributed by atoms with Crippen molar-refractivity contribution < 1.29 is 13.6 Å². The van der Waals surface area contributed by atoms with E-state index in [2.05, 4.69) is 5.32 Å². The Morgan fingerprint density at radius 1 is 1.37 bits per heavy atom. The van der Waals surface area contributed by atoms with Crippen LogP contribution in [0.5, 0.6) is 0 Å². The lowest BCUT2D eigenvalue weighted by atomic mass is 10.1. The fourth-order valence-corrected chi connectivity index (χ4v) is 2.09. The largest absolute Gasteiger partial charge is 0.349 e. The Labute approximate surface area is 117 Å². The minimum absolute atomic E-state index is 0. The predicted octanol–water partition coefficient (Wildman–Crippen LogP) is 2.02. The van der Waals surface area contributed by atoms with E-state index in [1.165, 1.54) is 29.2 Å². The summed E-state index contributed by atoms with van der Waals surface area (Å²) < 4.78 is 28.2. The van der Waals surface area contributed by atoms with Crippen LogP contribution in [0.25, 0.3) is 0 Å². The van der Waals surface area contributed by atoms with Gasteiger partial charge >= 0.3 is 5.92 Å². The summed E-state index contributed by atoms with van der Waals surface area (Å²) in [5.41, 5.74) is -0.249. The fourth-order valence-electron chi connectivity index (χ4n) is 2.09. The zero-order valence-corrected chi connectivity index (χ0v) is 11.4. The fraction of sp³-hybridized carbons (Fsp3) is 0.462. The second kappa shape index (κ2) is 6.30. The smallest absolute Gasteiger partial charge is 0.332 e. The molecule has 1 N–H and O–H groups in total. The van der Waals surface area contributed by atoms with Gasteiger partial charge in [0.1, 0.15) is 0 Å². The quantitative estimate of drug-likeness (QED) is 0.904. The molecule has 0 radical (unpaired) electrons. The zero-order valence-electron chi connectivity index (χ0n) is 10.6. The summed E-state index contributed by atoms with van der Waals surface area (Å²) in [5, 5.41) is 3.07. The number of rotatable bonds is 2. The Morgan fingerprint density at radius 3 is 2.58 bits per heavy atom. The van der Waals surface area contributed by atoms with Crippen molar-refractivity contribution in [2.75, 3.05) is 19.6 Å². The second-order valence-electron chi connectivity index (χ2n) is 4.49. The number of alkyl halides is 2. The van der Waals surface area contributed by atoms with Crippen LogP contribution in [0.4, 0.5) is 8.78 Å². The average Bonchev–Trinajstić information content (AvgIpc) is 2.39. The van der Waals surface area contributed by atoms with E-state index in [4.69, 9.17) is 0 Å². The van der Waals surface area contributed by atoms with Crippen LogP contribution >= 0.6 is 12.4 Å². The third-order valence-corrected chi connectivity index (χ3v) is 3.17. The number of hydrogen-bond acceptors (Lipinski definition) is 2. The third-order valence-electron chi connectivity index (χ3n) is 3.17. The Bertz CT molecular complexity index is 428. The minimum Gasteiger partial charge on any atom is -0.332 e. The molecule has 1 aliphatic rings. The molecule has 0 spiro atoms. The standard InChI is InChI=1S/C13H16F2N2O.ClH/c1-10-9-16-7-8-17(10)12(18)13(14,15)11-5-3-2-4-6-11;/h2-6,10,16H,7-9H2,1H3;1H/t10-;/m0./s1. The Kier molecular flexibility index (Phi) is 5.26. The van der Waals surface area contributed by atoms with Crippen LogP contribution in [0.1, 0.15) is 12.5 Å². The van der Waals surface area contributed by atoms with Crippen LogP contribution in [0.2, 0.25) is 0 Å².